The normalized spacial score (nSPS) is 17.5. The minimum absolute atomic E-state index is 0.305. The second kappa shape index (κ2) is 3.81. The van der Waals surface area contributed by atoms with Gasteiger partial charge in [0, 0.05) is 13.1 Å². The lowest BCUT2D eigenvalue weighted by Crippen LogP contribution is -2.30. The van der Waals surface area contributed by atoms with Crippen LogP contribution >= 0.6 is 11.3 Å². The Hall–Kier alpha value is -1.10. The summed E-state index contributed by atoms with van der Waals surface area (Å²) in [4.78, 5) is 17.2. The fraction of sp³-hybridized carbons (Fsp3) is 0.600. The molecule has 0 radical (unpaired) electrons. The van der Waals surface area contributed by atoms with Crippen LogP contribution in [0.5, 0.6) is 0 Å². The van der Waals surface area contributed by atoms with Gasteiger partial charge in [0.25, 0.3) is 0 Å². The molecule has 0 bridgehead atoms. The number of carbonyl (C=O) groups is 1. The monoisotopic (exact) mass is 226 g/mol. The Bertz CT molecular complexity index is 373. The van der Waals surface area contributed by atoms with Crippen molar-refractivity contribution in [1.82, 2.24) is 4.98 Å². The Labute approximate surface area is 92.6 Å². The second-order valence-electron chi connectivity index (χ2n) is 4.00. The van der Waals surface area contributed by atoms with Crippen molar-refractivity contribution in [3.63, 3.8) is 0 Å². The van der Waals surface area contributed by atoms with Gasteiger partial charge >= 0.3 is 5.97 Å². The van der Waals surface area contributed by atoms with Gasteiger partial charge in [0.2, 0.25) is 0 Å². The molecule has 1 aromatic heterocycles. The highest BCUT2D eigenvalue weighted by molar-refractivity contribution is 7.17. The predicted octanol–water partition coefficient (Wildman–Crippen LogP) is 2.08. The molecule has 1 saturated carbocycles. The van der Waals surface area contributed by atoms with Gasteiger partial charge in [0.1, 0.15) is 4.88 Å². The van der Waals surface area contributed by atoms with Crippen molar-refractivity contribution in [2.75, 3.05) is 11.9 Å². The van der Waals surface area contributed by atoms with Gasteiger partial charge in [0.05, 0.1) is 6.20 Å². The van der Waals surface area contributed by atoms with E-state index in [1.807, 2.05) is 7.05 Å². The Balaban J connectivity index is 2.10. The van der Waals surface area contributed by atoms with Gasteiger partial charge in [-0.25, -0.2) is 9.78 Å². The van der Waals surface area contributed by atoms with E-state index in [4.69, 9.17) is 5.11 Å². The number of nitrogens with zero attached hydrogens (tertiary/aromatic N) is 2. The van der Waals surface area contributed by atoms with E-state index >= 15 is 0 Å². The molecule has 1 heterocycles. The van der Waals surface area contributed by atoms with E-state index in [9.17, 15) is 4.79 Å². The zero-order valence-corrected chi connectivity index (χ0v) is 9.62. The summed E-state index contributed by atoms with van der Waals surface area (Å²) in [5.74, 6) is -0.140. The molecule has 1 aliphatic rings. The topological polar surface area (TPSA) is 53.4 Å². The van der Waals surface area contributed by atoms with E-state index in [1.165, 1.54) is 30.4 Å². The van der Waals surface area contributed by atoms with Gasteiger partial charge in [-0.05, 0) is 25.7 Å². The zero-order valence-electron chi connectivity index (χ0n) is 8.80. The maximum atomic E-state index is 10.7. The quantitative estimate of drug-likeness (QED) is 0.854. The third-order valence-corrected chi connectivity index (χ3v) is 4.00. The maximum Gasteiger partial charge on any atom is 0.347 e. The van der Waals surface area contributed by atoms with Crippen LogP contribution in [0.1, 0.15) is 29.4 Å². The van der Waals surface area contributed by atoms with Crippen LogP contribution in [0.15, 0.2) is 6.20 Å². The van der Waals surface area contributed by atoms with Crippen molar-refractivity contribution in [2.24, 2.45) is 5.92 Å². The van der Waals surface area contributed by atoms with E-state index in [1.54, 1.807) is 0 Å². The van der Waals surface area contributed by atoms with E-state index in [-0.39, 0.29) is 0 Å². The molecule has 1 aromatic rings. The lowest BCUT2D eigenvalue weighted by atomic mass is 10.2. The first-order chi connectivity index (χ1) is 7.09. The first kappa shape index (κ1) is 10.4. The van der Waals surface area contributed by atoms with E-state index in [0.29, 0.717) is 10.9 Å². The summed E-state index contributed by atoms with van der Waals surface area (Å²) in [6.07, 6.45) is 3.99. The average Bonchev–Trinajstić information content (AvgIpc) is 2.93. The third-order valence-electron chi connectivity index (χ3n) is 2.92. The van der Waals surface area contributed by atoms with Gasteiger partial charge in [0.15, 0.2) is 5.13 Å². The van der Waals surface area contributed by atoms with Crippen LogP contribution in [0.25, 0.3) is 0 Å². The molecule has 1 unspecified atom stereocenters. The number of hydrogen-bond donors (Lipinski definition) is 1. The standard InChI is InChI=1S/C10H14N2O2S/c1-6(7-3-4-7)12(2)10-11-5-8(15-10)9(13)14/h5-7H,3-4H2,1-2H3,(H,13,14). The molecule has 4 nitrogen and oxygen atoms in total. The van der Waals surface area contributed by atoms with Crippen molar-refractivity contribution in [2.45, 2.75) is 25.8 Å². The number of aromatic carboxylic acids is 1. The fourth-order valence-corrected chi connectivity index (χ4v) is 2.40. The second-order valence-corrected chi connectivity index (χ2v) is 5.01. The first-order valence-electron chi connectivity index (χ1n) is 5.01. The highest BCUT2D eigenvalue weighted by Crippen LogP contribution is 2.37. The number of thiazole rings is 1. The van der Waals surface area contributed by atoms with E-state index in [2.05, 4.69) is 16.8 Å². The highest BCUT2D eigenvalue weighted by Gasteiger charge is 2.31. The molecule has 0 aromatic carbocycles. The van der Waals surface area contributed by atoms with Gasteiger partial charge in [-0.3, -0.25) is 0 Å². The Morgan fingerprint density at radius 1 is 1.73 bits per heavy atom. The number of aromatic nitrogens is 1. The summed E-state index contributed by atoms with van der Waals surface area (Å²) >= 11 is 1.24. The molecule has 15 heavy (non-hydrogen) atoms. The van der Waals surface area contributed by atoms with Crippen LogP contribution in [0.4, 0.5) is 5.13 Å². The minimum Gasteiger partial charge on any atom is -0.477 e. The molecule has 1 fully saturated rings. The molecule has 0 spiro atoms. The zero-order chi connectivity index (χ0) is 11.0. The molecule has 5 heteroatoms. The summed E-state index contributed by atoms with van der Waals surface area (Å²) in [5.41, 5.74) is 0. The summed E-state index contributed by atoms with van der Waals surface area (Å²) in [6.45, 7) is 2.17. The van der Waals surface area contributed by atoms with Crippen LogP contribution in [-0.4, -0.2) is 29.1 Å². The Morgan fingerprint density at radius 3 is 2.87 bits per heavy atom. The summed E-state index contributed by atoms with van der Waals surface area (Å²) < 4.78 is 0. The smallest absolute Gasteiger partial charge is 0.347 e. The Morgan fingerprint density at radius 2 is 2.40 bits per heavy atom. The molecular weight excluding hydrogens is 212 g/mol. The summed E-state index contributed by atoms with van der Waals surface area (Å²) in [7, 11) is 1.98. The van der Waals surface area contributed by atoms with Gasteiger partial charge in [-0.15, -0.1) is 0 Å². The predicted molar refractivity (Wildman–Crippen MR) is 59.7 cm³/mol. The first-order valence-corrected chi connectivity index (χ1v) is 5.83. The lowest BCUT2D eigenvalue weighted by molar-refractivity contribution is 0.0702. The molecule has 1 aliphatic carbocycles. The number of rotatable bonds is 4. The number of anilines is 1. The molecule has 2 rings (SSSR count). The molecule has 0 saturated heterocycles. The number of hydrogen-bond acceptors (Lipinski definition) is 4. The molecule has 82 valence electrons. The minimum atomic E-state index is -0.897. The van der Waals surface area contributed by atoms with Crippen molar-refractivity contribution in [3.05, 3.63) is 11.1 Å². The molecular formula is C10H14N2O2S. The van der Waals surface area contributed by atoms with Crippen LogP contribution < -0.4 is 4.90 Å². The third kappa shape index (κ3) is 2.12. The molecule has 1 N–H and O–H groups in total. The number of carboxylic acid groups (broad SMARTS) is 1. The van der Waals surface area contributed by atoms with E-state index in [0.717, 1.165) is 11.0 Å². The van der Waals surface area contributed by atoms with Crippen molar-refractivity contribution < 1.29 is 9.90 Å². The lowest BCUT2D eigenvalue weighted by Gasteiger charge is -2.23. The van der Waals surface area contributed by atoms with Crippen molar-refractivity contribution in [1.29, 1.82) is 0 Å². The van der Waals surface area contributed by atoms with Crippen LogP contribution in [0.2, 0.25) is 0 Å². The largest absolute Gasteiger partial charge is 0.477 e. The van der Waals surface area contributed by atoms with Crippen molar-refractivity contribution >= 4 is 22.4 Å². The van der Waals surface area contributed by atoms with Gasteiger partial charge in [-0.1, -0.05) is 11.3 Å². The average molecular weight is 226 g/mol. The van der Waals surface area contributed by atoms with Gasteiger partial charge in [-0.2, -0.15) is 0 Å². The molecule has 0 aliphatic heterocycles. The molecule has 0 amide bonds. The molecule has 1 atom stereocenters. The van der Waals surface area contributed by atoms with E-state index < -0.39 is 5.97 Å². The highest BCUT2D eigenvalue weighted by atomic mass is 32.1. The summed E-state index contributed by atoms with van der Waals surface area (Å²) in [5, 5.41) is 9.59. The van der Waals surface area contributed by atoms with Crippen LogP contribution in [0, 0.1) is 5.92 Å². The van der Waals surface area contributed by atoms with Crippen LogP contribution in [0.3, 0.4) is 0 Å². The van der Waals surface area contributed by atoms with Crippen LogP contribution in [-0.2, 0) is 0 Å². The van der Waals surface area contributed by atoms with Gasteiger partial charge < -0.3 is 10.0 Å². The summed E-state index contributed by atoms with van der Waals surface area (Å²) in [6, 6.07) is 0.456. The maximum absolute atomic E-state index is 10.7. The number of carboxylic acids is 1. The fourth-order valence-electron chi connectivity index (χ4n) is 1.60. The Kier molecular flexibility index (Phi) is 2.65. The van der Waals surface area contributed by atoms with Crippen molar-refractivity contribution in [3.8, 4) is 0 Å². The SMILES string of the molecule is CC(C1CC1)N(C)c1ncc(C(=O)O)s1.